The molecule has 281 valence electrons. The molecule has 9 heteroatoms. The van der Waals surface area contributed by atoms with Gasteiger partial charge in [-0.05, 0) is 154 Å². The molecule has 2 fully saturated rings. The van der Waals surface area contributed by atoms with Crippen LogP contribution in [0.15, 0.2) is 84.9 Å². The molecule has 55 heavy (non-hydrogen) atoms. The molecule has 2 saturated carbocycles. The number of nitrogens with zero attached hydrogens (tertiary/aromatic N) is 2. The first-order valence-corrected chi connectivity index (χ1v) is 19.0. The summed E-state index contributed by atoms with van der Waals surface area (Å²) in [4.78, 5) is 66.7. The van der Waals surface area contributed by atoms with Crippen molar-refractivity contribution in [2.75, 3.05) is 11.9 Å². The van der Waals surface area contributed by atoms with Crippen LogP contribution < -0.4 is 9.64 Å². The molecule has 0 unspecified atom stereocenters. The Morgan fingerprint density at radius 3 is 1.65 bits per heavy atom. The Balaban J connectivity index is 0.00000257. The Labute approximate surface area is 348 Å². The van der Waals surface area contributed by atoms with E-state index >= 15 is 0 Å². The molecule has 2 aliphatic carbocycles. The molecule has 2 heterocycles. The second-order valence-electron chi connectivity index (χ2n) is 15.6. The first-order chi connectivity index (χ1) is 25.6. The van der Waals surface area contributed by atoms with Gasteiger partial charge in [0.25, 0.3) is 23.6 Å². The topological polar surface area (TPSA) is 101 Å². The smallest absolute Gasteiger partial charge is 0.343 e. The zero-order valence-corrected chi connectivity index (χ0v) is 33.7. The van der Waals surface area contributed by atoms with Crippen molar-refractivity contribution in [1.29, 1.82) is 0 Å². The van der Waals surface area contributed by atoms with Crippen molar-refractivity contribution in [1.82, 2.24) is 4.90 Å². The van der Waals surface area contributed by atoms with Crippen LogP contribution in [0.3, 0.4) is 0 Å². The number of imide groups is 2. The Bertz CT molecular complexity index is 2110. The molecule has 0 bridgehead atoms. The van der Waals surface area contributed by atoms with Gasteiger partial charge in [-0.1, -0.05) is 49.4 Å². The minimum absolute atomic E-state index is 0. The fraction of sp³-hybridized carbons (Fsp3) is 0.370. The molecule has 1 radical (unpaired) electrons. The van der Waals surface area contributed by atoms with Crippen molar-refractivity contribution in [2.24, 2.45) is 23.7 Å². The number of amides is 4. The van der Waals surface area contributed by atoms with E-state index in [0.717, 1.165) is 34.0 Å². The molecule has 0 atom stereocenters. The van der Waals surface area contributed by atoms with Crippen molar-refractivity contribution >= 4 is 35.3 Å². The van der Waals surface area contributed by atoms with Gasteiger partial charge in [0, 0.05) is 39.8 Å². The second kappa shape index (κ2) is 16.8. The van der Waals surface area contributed by atoms with E-state index in [-0.39, 0.29) is 73.7 Å². The number of fused-ring (bicyclic) bond motifs is 2. The number of carbonyl (C=O) groups is 5. The number of aryl methyl sites for hydroxylation is 1. The number of rotatable bonds is 8. The van der Waals surface area contributed by atoms with Gasteiger partial charge in [0.05, 0.1) is 33.5 Å². The fourth-order valence-corrected chi connectivity index (χ4v) is 9.07. The zero-order valence-electron chi connectivity index (χ0n) is 30.9. The largest absolute Gasteiger partial charge is 0.423 e. The Morgan fingerprint density at radius 2 is 1.07 bits per heavy atom. The standard InChI is InChI=1S/C45H44N2O6.CH4.Y/c1-27-3-5-28(6-4-27)23-29-7-13-32(14-8-29)33-15-9-30(10-16-33)24-31-11-18-35(19-12-31)47-43(50)38-21-17-34(25-39(38)44(47)51)45(52)53-36-20-22-37-40(26-36)42(49)46(2)41(37)48;;/h3-6,11-12,17-22,25-26,29-30,32-33H,7-10,13-16,23-24H2,1-2H3;1H4;. The number of hydrogen-bond donors (Lipinski definition) is 0. The summed E-state index contributed by atoms with van der Waals surface area (Å²) in [6, 6.07) is 25.3. The van der Waals surface area contributed by atoms with Crippen LogP contribution in [0.5, 0.6) is 5.75 Å². The van der Waals surface area contributed by atoms with E-state index in [1.54, 1.807) is 0 Å². The normalized spacial score (nSPS) is 21.8. The van der Waals surface area contributed by atoms with Crippen LogP contribution in [0, 0.1) is 30.6 Å². The third-order valence-electron chi connectivity index (χ3n) is 12.2. The van der Waals surface area contributed by atoms with E-state index in [0.29, 0.717) is 11.6 Å². The maximum atomic E-state index is 13.5. The van der Waals surface area contributed by atoms with Crippen LogP contribution in [0.25, 0.3) is 0 Å². The van der Waals surface area contributed by atoms with Crippen LogP contribution in [0.1, 0.15) is 127 Å². The van der Waals surface area contributed by atoms with Crippen LogP contribution >= 0.6 is 0 Å². The molecule has 4 aromatic carbocycles. The molecule has 0 saturated heterocycles. The van der Waals surface area contributed by atoms with Gasteiger partial charge in [0.2, 0.25) is 0 Å². The molecule has 8 rings (SSSR count). The van der Waals surface area contributed by atoms with Crippen LogP contribution in [-0.4, -0.2) is 41.5 Å². The number of anilines is 1. The minimum Gasteiger partial charge on any atom is -0.423 e. The summed E-state index contributed by atoms with van der Waals surface area (Å²) in [5.41, 5.74) is 5.34. The second-order valence-corrected chi connectivity index (χ2v) is 15.6. The minimum atomic E-state index is -0.753. The summed E-state index contributed by atoms with van der Waals surface area (Å²) < 4.78 is 5.48. The van der Waals surface area contributed by atoms with E-state index in [9.17, 15) is 24.0 Å². The summed E-state index contributed by atoms with van der Waals surface area (Å²) in [6.07, 6.45) is 12.8. The molecule has 4 amide bonds. The van der Waals surface area contributed by atoms with Crippen molar-refractivity contribution in [3.63, 3.8) is 0 Å². The SMILES string of the molecule is C.Cc1ccc(CC2CCC(C3CCC(Cc4ccc(N5C(=O)c6ccc(C(=O)Oc7ccc8c(c7)C(=O)N(C)C8=O)cc6C5=O)cc4)CC3)CC2)cc1.[Y]. The number of hydrogen-bond acceptors (Lipinski definition) is 6. The first kappa shape index (κ1) is 40.4. The Hall–Kier alpha value is -4.27. The zero-order chi connectivity index (χ0) is 36.8. The molecular formula is C46H48N2O6Y. The average molecular weight is 814 g/mol. The first-order valence-electron chi connectivity index (χ1n) is 19.0. The molecule has 2 aliphatic heterocycles. The quantitative estimate of drug-likeness (QED) is 0.1000. The van der Waals surface area contributed by atoms with Gasteiger partial charge in [-0.2, -0.15) is 0 Å². The van der Waals surface area contributed by atoms with Crippen LogP contribution in [-0.2, 0) is 45.6 Å². The number of ether oxygens (including phenoxy) is 1. The van der Waals surface area contributed by atoms with Gasteiger partial charge in [-0.3, -0.25) is 24.1 Å². The number of esters is 1. The van der Waals surface area contributed by atoms with Gasteiger partial charge in [0.1, 0.15) is 5.75 Å². The van der Waals surface area contributed by atoms with E-state index < -0.39 is 29.6 Å². The predicted octanol–water partition coefficient (Wildman–Crippen LogP) is 9.27. The van der Waals surface area contributed by atoms with Crippen LogP contribution in [0.2, 0.25) is 0 Å². The van der Waals surface area contributed by atoms with Crippen LogP contribution in [0.4, 0.5) is 5.69 Å². The van der Waals surface area contributed by atoms with E-state index in [1.807, 2.05) is 24.3 Å². The molecule has 4 aromatic rings. The summed E-state index contributed by atoms with van der Waals surface area (Å²) >= 11 is 0. The summed E-state index contributed by atoms with van der Waals surface area (Å²) in [6.45, 7) is 2.15. The molecule has 8 nitrogen and oxygen atoms in total. The Kier molecular flexibility index (Phi) is 12.4. The van der Waals surface area contributed by atoms with Gasteiger partial charge >= 0.3 is 5.97 Å². The molecule has 0 N–H and O–H groups in total. The van der Waals surface area contributed by atoms with Gasteiger partial charge in [-0.15, -0.1) is 0 Å². The van der Waals surface area contributed by atoms with Crippen molar-refractivity contribution in [2.45, 2.75) is 78.6 Å². The molecule has 0 aromatic heterocycles. The third-order valence-corrected chi connectivity index (χ3v) is 12.2. The van der Waals surface area contributed by atoms with Gasteiger partial charge < -0.3 is 4.74 Å². The van der Waals surface area contributed by atoms with E-state index in [2.05, 4.69) is 31.2 Å². The summed E-state index contributed by atoms with van der Waals surface area (Å²) in [5.74, 6) is 0.702. The van der Waals surface area contributed by atoms with Crippen molar-refractivity contribution in [3.8, 4) is 5.75 Å². The number of carbonyl (C=O) groups excluding carboxylic acids is 5. The van der Waals surface area contributed by atoms with E-state index in [4.69, 9.17) is 4.74 Å². The van der Waals surface area contributed by atoms with Gasteiger partial charge in [0.15, 0.2) is 0 Å². The Morgan fingerprint density at radius 1 is 0.600 bits per heavy atom. The summed E-state index contributed by atoms with van der Waals surface area (Å²) in [7, 11) is 1.39. The predicted molar refractivity (Wildman–Crippen MR) is 208 cm³/mol. The fourth-order valence-electron chi connectivity index (χ4n) is 9.07. The van der Waals surface area contributed by atoms with E-state index in [1.165, 1.54) is 118 Å². The average Bonchev–Trinajstić information content (AvgIpc) is 3.55. The maximum absolute atomic E-state index is 13.5. The summed E-state index contributed by atoms with van der Waals surface area (Å²) in [5, 5.41) is 0. The molecule has 4 aliphatic rings. The molecular weight excluding hydrogens is 765 g/mol. The van der Waals surface area contributed by atoms with Crippen molar-refractivity contribution in [3.05, 3.63) is 129 Å². The number of benzene rings is 4. The van der Waals surface area contributed by atoms with Gasteiger partial charge in [-0.25, -0.2) is 9.69 Å². The monoisotopic (exact) mass is 813 g/mol. The molecule has 0 spiro atoms. The maximum Gasteiger partial charge on any atom is 0.343 e. The van der Waals surface area contributed by atoms with Crippen molar-refractivity contribution < 1.29 is 61.4 Å². The third kappa shape index (κ3) is 8.18.